The summed E-state index contributed by atoms with van der Waals surface area (Å²) in [6.45, 7) is 4.68. The molecule has 0 radical (unpaired) electrons. The van der Waals surface area contributed by atoms with E-state index in [4.69, 9.17) is 16.6 Å². The Morgan fingerprint density at radius 1 is 1.05 bits per heavy atom. The van der Waals surface area contributed by atoms with E-state index in [0.29, 0.717) is 47.6 Å². The van der Waals surface area contributed by atoms with Gasteiger partial charge in [0.1, 0.15) is 0 Å². The molecule has 5 rings (SSSR count). The Balaban J connectivity index is 1.23. The molecular weight excluding hydrogens is 490 g/mol. The third-order valence-corrected chi connectivity index (χ3v) is 6.52. The van der Waals surface area contributed by atoms with Gasteiger partial charge in [0.05, 0.1) is 22.8 Å². The topological polar surface area (TPSA) is 124 Å². The molecule has 10 heteroatoms. The molecule has 188 valence electrons. The molecule has 0 aliphatic carbocycles. The van der Waals surface area contributed by atoms with Crippen molar-refractivity contribution in [3.63, 3.8) is 0 Å². The summed E-state index contributed by atoms with van der Waals surface area (Å²) >= 11 is 6.46. The van der Waals surface area contributed by atoms with Crippen LogP contribution in [0.15, 0.2) is 73.6 Å². The molecule has 0 saturated carbocycles. The number of carbonyl (C=O) groups is 2. The van der Waals surface area contributed by atoms with Crippen LogP contribution in [0.4, 0.5) is 17.3 Å². The van der Waals surface area contributed by atoms with Crippen molar-refractivity contribution in [3.05, 3.63) is 78.6 Å². The predicted octanol–water partition coefficient (Wildman–Crippen LogP) is 4.43. The first-order valence-electron chi connectivity index (χ1n) is 11.9. The zero-order valence-corrected chi connectivity index (χ0v) is 20.7. The lowest BCUT2D eigenvalue weighted by molar-refractivity contribution is -0.120. The Bertz CT molecular complexity index is 1450. The summed E-state index contributed by atoms with van der Waals surface area (Å²) in [5.74, 6) is -0.165. The fraction of sp³-hybridized carbons (Fsp3) is 0.185. The molecule has 1 aliphatic heterocycles. The third-order valence-electron chi connectivity index (χ3n) is 6.25. The molecule has 0 spiro atoms. The van der Waals surface area contributed by atoms with Crippen LogP contribution in [0.1, 0.15) is 6.42 Å². The zero-order valence-electron chi connectivity index (χ0n) is 19.9. The molecule has 1 saturated heterocycles. The fourth-order valence-electron chi connectivity index (χ4n) is 4.40. The largest absolute Gasteiger partial charge is 0.360 e. The molecule has 4 aromatic rings. The minimum atomic E-state index is -0.290. The second kappa shape index (κ2) is 10.8. The summed E-state index contributed by atoms with van der Waals surface area (Å²) in [5.41, 5.74) is 3.83. The summed E-state index contributed by atoms with van der Waals surface area (Å²) in [6.07, 6.45) is 5.30. The number of nitrogens with one attached hydrogen (secondary N) is 5. The van der Waals surface area contributed by atoms with Crippen LogP contribution >= 0.6 is 11.6 Å². The summed E-state index contributed by atoms with van der Waals surface area (Å²) in [4.78, 5) is 36.7. The number of rotatable bonds is 7. The zero-order chi connectivity index (χ0) is 25.8. The van der Waals surface area contributed by atoms with Gasteiger partial charge in [0.15, 0.2) is 0 Å². The molecular formula is C27H26ClN7O2. The van der Waals surface area contributed by atoms with Crippen LogP contribution < -0.4 is 21.3 Å². The van der Waals surface area contributed by atoms with E-state index in [1.54, 1.807) is 30.5 Å². The molecule has 2 aromatic carbocycles. The SMILES string of the molecule is C=CC(=O)Nc1ccc(NC(=O)[C@H]2CNC[C@@H](Nc3ncc(Cl)c(-c4c[nH]c5ccccc45)n3)C2)cc1. The molecule has 2 amide bonds. The maximum absolute atomic E-state index is 12.9. The third kappa shape index (κ3) is 5.63. The normalized spacial score (nSPS) is 17.2. The van der Waals surface area contributed by atoms with Gasteiger partial charge in [0.2, 0.25) is 17.8 Å². The number of amides is 2. The van der Waals surface area contributed by atoms with Crippen LogP contribution in [-0.2, 0) is 9.59 Å². The second-order valence-electron chi connectivity index (χ2n) is 8.83. The first-order valence-corrected chi connectivity index (χ1v) is 12.3. The summed E-state index contributed by atoms with van der Waals surface area (Å²) in [7, 11) is 0. The van der Waals surface area contributed by atoms with Crippen molar-refractivity contribution in [1.82, 2.24) is 20.3 Å². The number of para-hydroxylation sites is 1. The first kappa shape index (κ1) is 24.5. The van der Waals surface area contributed by atoms with E-state index in [2.05, 4.69) is 37.8 Å². The van der Waals surface area contributed by atoms with Crippen molar-refractivity contribution in [1.29, 1.82) is 0 Å². The van der Waals surface area contributed by atoms with Crippen LogP contribution in [-0.4, -0.2) is 45.9 Å². The second-order valence-corrected chi connectivity index (χ2v) is 9.24. The number of halogens is 1. The lowest BCUT2D eigenvalue weighted by Crippen LogP contribution is -2.47. The molecule has 0 bridgehead atoms. The highest BCUT2D eigenvalue weighted by atomic mass is 35.5. The number of fused-ring (bicyclic) bond motifs is 1. The van der Waals surface area contributed by atoms with E-state index in [0.717, 1.165) is 16.5 Å². The van der Waals surface area contributed by atoms with Crippen LogP contribution in [0, 0.1) is 5.92 Å². The van der Waals surface area contributed by atoms with Gasteiger partial charge >= 0.3 is 0 Å². The highest BCUT2D eigenvalue weighted by Gasteiger charge is 2.28. The van der Waals surface area contributed by atoms with Crippen molar-refractivity contribution in [3.8, 4) is 11.3 Å². The predicted molar refractivity (Wildman–Crippen MR) is 147 cm³/mol. The number of H-pyrrole nitrogens is 1. The molecule has 9 nitrogen and oxygen atoms in total. The minimum Gasteiger partial charge on any atom is -0.360 e. The van der Waals surface area contributed by atoms with E-state index < -0.39 is 0 Å². The van der Waals surface area contributed by atoms with Crippen LogP contribution in [0.5, 0.6) is 0 Å². The highest BCUT2D eigenvalue weighted by Crippen LogP contribution is 2.32. The minimum absolute atomic E-state index is 0.0435. The van der Waals surface area contributed by atoms with Crippen molar-refractivity contribution in [2.45, 2.75) is 12.5 Å². The Labute approximate surface area is 218 Å². The van der Waals surface area contributed by atoms with E-state index in [1.807, 2.05) is 30.5 Å². The maximum Gasteiger partial charge on any atom is 0.247 e. The van der Waals surface area contributed by atoms with Gasteiger partial charge in [-0.3, -0.25) is 9.59 Å². The van der Waals surface area contributed by atoms with Gasteiger partial charge in [-0.25, -0.2) is 9.97 Å². The van der Waals surface area contributed by atoms with Crippen LogP contribution in [0.25, 0.3) is 22.2 Å². The van der Waals surface area contributed by atoms with E-state index in [9.17, 15) is 9.59 Å². The number of piperidine rings is 1. The smallest absolute Gasteiger partial charge is 0.247 e. The average Bonchev–Trinajstić information content (AvgIpc) is 3.35. The molecule has 5 N–H and O–H groups in total. The van der Waals surface area contributed by atoms with Gasteiger partial charge in [-0.2, -0.15) is 0 Å². The molecule has 0 unspecified atom stereocenters. The van der Waals surface area contributed by atoms with Gasteiger partial charge in [-0.05, 0) is 42.8 Å². The first-order chi connectivity index (χ1) is 18.0. The lowest BCUT2D eigenvalue weighted by Gasteiger charge is -2.30. The Hall–Kier alpha value is -4.21. The van der Waals surface area contributed by atoms with Crippen molar-refractivity contribution >= 4 is 51.6 Å². The number of benzene rings is 2. The molecule has 1 aliphatic rings. The standard InChI is InChI=1S/C27H26ClN7O2/c1-2-24(36)32-17-7-9-18(10-8-17)33-26(37)16-11-19(13-29-12-16)34-27-31-15-22(28)25(35-27)21-14-30-23-6-4-3-5-20(21)23/h2-10,14-16,19,29-30H,1,11-13H2,(H,32,36)(H,33,37)(H,31,34,35)/t16-,19+/m1/s1. The molecule has 2 atom stereocenters. The highest BCUT2D eigenvalue weighted by molar-refractivity contribution is 6.33. The van der Waals surface area contributed by atoms with Crippen molar-refractivity contribution in [2.24, 2.45) is 5.92 Å². The van der Waals surface area contributed by atoms with E-state index >= 15 is 0 Å². The number of hydrogen-bond acceptors (Lipinski definition) is 6. The monoisotopic (exact) mass is 515 g/mol. The van der Waals surface area contributed by atoms with Gasteiger partial charge in [0, 0.05) is 53.2 Å². The van der Waals surface area contributed by atoms with Crippen LogP contribution in [0.3, 0.4) is 0 Å². The van der Waals surface area contributed by atoms with Gasteiger partial charge in [0.25, 0.3) is 0 Å². The van der Waals surface area contributed by atoms with Gasteiger partial charge < -0.3 is 26.3 Å². The van der Waals surface area contributed by atoms with Gasteiger partial charge in [-0.15, -0.1) is 0 Å². The fourth-order valence-corrected chi connectivity index (χ4v) is 4.59. The number of anilines is 3. The number of carbonyl (C=O) groups excluding carboxylic acids is 2. The number of hydrogen-bond donors (Lipinski definition) is 5. The molecule has 3 heterocycles. The Kier molecular flexibility index (Phi) is 7.16. The summed E-state index contributed by atoms with van der Waals surface area (Å²) in [6, 6.07) is 14.9. The Morgan fingerprint density at radius 2 is 1.81 bits per heavy atom. The van der Waals surface area contributed by atoms with Crippen LogP contribution in [0.2, 0.25) is 5.02 Å². The number of aromatic amines is 1. The van der Waals surface area contributed by atoms with Crippen molar-refractivity contribution < 1.29 is 9.59 Å². The quantitative estimate of drug-likeness (QED) is 0.232. The lowest BCUT2D eigenvalue weighted by atomic mass is 9.95. The molecule has 37 heavy (non-hydrogen) atoms. The van der Waals surface area contributed by atoms with Gasteiger partial charge in [-0.1, -0.05) is 36.4 Å². The maximum atomic E-state index is 12.9. The molecule has 1 fully saturated rings. The summed E-state index contributed by atoms with van der Waals surface area (Å²) < 4.78 is 0. The summed E-state index contributed by atoms with van der Waals surface area (Å²) in [5, 5.41) is 13.8. The number of aromatic nitrogens is 3. The van der Waals surface area contributed by atoms with Crippen molar-refractivity contribution in [2.75, 3.05) is 29.0 Å². The average molecular weight is 516 g/mol. The van der Waals surface area contributed by atoms with E-state index in [-0.39, 0.29) is 23.8 Å². The molecule has 2 aromatic heterocycles. The van der Waals surface area contributed by atoms with E-state index in [1.165, 1.54) is 6.08 Å². The Morgan fingerprint density at radius 3 is 2.59 bits per heavy atom. The number of nitrogens with zero attached hydrogens (tertiary/aromatic N) is 2.